The van der Waals surface area contributed by atoms with Crippen molar-refractivity contribution in [1.82, 2.24) is 5.32 Å². The minimum absolute atomic E-state index is 0.00255. The van der Waals surface area contributed by atoms with Crippen molar-refractivity contribution in [3.05, 3.63) is 23.8 Å². The Morgan fingerprint density at radius 1 is 1.13 bits per heavy atom. The van der Waals surface area contributed by atoms with Crippen molar-refractivity contribution in [3.63, 3.8) is 0 Å². The molecule has 4 fully saturated rings. The molecule has 0 saturated heterocycles. The average Bonchev–Trinajstić information content (AvgIpc) is 2.70. The van der Waals surface area contributed by atoms with Gasteiger partial charge in [-0.15, -0.1) is 0 Å². The molecule has 1 heterocycles. The third-order valence-corrected chi connectivity index (χ3v) is 8.23. The largest absolute Gasteiger partial charge is 0.490 e. The van der Waals surface area contributed by atoms with Crippen LogP contribution in [0.3, 0.4) is 0 Å². The highest BCUT2D eigenvalue weighted by Crippen LogP contribution is 2.61. The molecule has 30 heavy (non-hydrogen) atoms. The van der Waals surface area contributed by atoms with E-state index in [-0.39, 0.29) is 30.7 Å². The van der Waals surface area contributed by atoms with Crippen LogP contribution in [0.4, 0.5) is 5.69 Å². The lowest BCUT2D eigenvalue weighted by molar-refractivity contribution is -0.128. The van der Waals surface area contributed by atoms with E-state index >= 15 is 0 Å². The minimum atomic E-state index is 0.00255. The van der Waals surface area contributed by atoms with Gasteiger partial charge in [-0.1, -0.05) is 6.07 Å². The fourth-order valence-electron chi connectivity index (χ4n) is 7.12. The van der Waals surface area contributed by atoms with Crippen LogP contribution in [0.15, 0.2) is 18.2 Å². The first-order chi connectivity index (χ1) is 14.4. The Bertz CT molecular complexity index is 814. The van der Waals surface area contributed by atoms with E-state index < -0.39 is 0 Å². The summed E-state index contributed by atoms with van der Waals surface area (Å²) in [6.07, 6.45) is 8.58. The van der Waals surface area contributed by atoms with Crippen molar-refractivity contribution >= 4 is 17.5 Å². The fraction of sp³-hybridized carbons (Fsp3) is 0.680. The zero-order chi connectivity index (χ0) is 20.9. The quantitative estimate of drug-likeness (QED) is 0.791. The van der Waals surface area contributed by atoms with Gasteiger partial charge in [0, 0.05) is 18.9 Å². The molecule has 6 rings (SSSR count). The number of anilines is 1. The molecule has 4 aliphatic carbocycles. The van der Waals surface area contributed by atoms with Crippen LogP contribution in [0, 0.1) is 30.1 Å². The first-order valence-electron chi connectivity index (χ1n) is 11.7. The lowest BCUT2D eigenvalue weighted by Gasteiger charge is -2.59. The maximum absolute atomic E-state index is 12.9. The molecule has 2 amide bonds. The summed E-state index contributed by atoms with van der Waals surface area (Å²) in [5.74, 6) is 3.40. The van der Waals surface area contributed by atoms with Gasteiger partial charge in [-0.05, 0) is 93.2 Å². The van der Waals surface area contributed by atoms with Gasteiger partial charge in [0.15, 0.2) is 0 Å². The van der Waals surface area contributed by atoms with Gasteiger partial charge in [-0.3, -0.25) is 9.59 Å². The summed E-state index contributed by atoms with van der Waals surface area (Å²) in [6.45, 7) is 5.25. The van der Waals surface area contributed by atoms with E-state index in [0.29, 0.717) is 18.6 Å². The van der Waals surface area contributed by atoms with Crippen LogP contribution >= 0.6 is 0 Å². The third-order valence-electron chi connectivity index (χ3n) is 8.23. The number of hydrogen-bond donors (Lipinski definition) is 1. The highest BCUT2D eigenvalue weighted by molar-refractivity contribution is 5.97. The number of carbonyl (C=O) groups excluding carboxylic acids is 2. The molecule has 0 unspecified atom stereocenters. The van der Waals surface area contributed by atoms with Gasteiger partial charge in [0.05, 0.1) is 12.2 Å². The van der Waals surface area contributed by atoms with E-state index in [2.05, 4.69) is 12.2 Å². The van der Waals surface area contributed by atoms with Crippen molar-refractivity contribution in [2.75, 3.05) is 18.1 Å². The van der Waals surface area contributed by atoms with Crippen molar-refractivity contribution in [2.24, 2.45) is 23.2 Å². The summed E-state index contributed by atoms with van der Waals surface area (Å²) < 4.78 is 5.68. The van der Waals surface area contributed by atoms with E-state index in [1.807, 2.05) is 25.1 Å². The molecule has 4 bridgehead atoms. The van der Waals surface area contributed by atoms with E-state index in [1.165, 1.54) is 38.5 Å². The molecule has 1 aliphatic heterocycles. The van der Waals surface area contributed by atoms with Crippen molar-refractivity contribution < 1.29 is 14.3 Å². The number of rotatable bonds is 5. The van der Waals surface area contributed by atoms with E-state index in [4.69, 9.17) is 4.74 Å². The highest BCUT2D eigenvalue weighted by atomic mass is 16.5. The average molecular weight is 411 g/mol. The first-order valence-corrected chi connectivity index (χ1v) is 11.7. The Kier molecular flexibility index (Phi) is 5.03. The summed E-state index contributed by atoms with van der Waals surface area (Å²) in [5, 5.41) is 3.29. The van der Waals surface area contributed by atoms with E-state index in [0.717, 1.165) is 34.8 Å². The van der Waals surface area contributed by atoms with Gasteiger partial charge in [-0.2, -0.15) is 0 Å². The summed E-state index contributed by atoms with van der Waals surface area (Å²) in [6, 6.07) is 6.11. The number of carbonyl (C=O) groups is 2. The fourth-order valence-corrected chi connectivity index (χ4v) is 7.12. The maximum atomic E-state index is 12.9. The SMILES string of the molecule is Cc1ccc2c(c1)N(C(=O)CCC(=O)N[C@H](C)C13CC4CC(CC(C4)C1)C3)CCO2. The molecule has 5 heteroatoms. The van der Waals surface area contributed by atoms with Crippen molar-refractivity contribution in [3.8, 4) is 5.75 Å². The van der Waals surface area contributed by atoms with Crippen LogP contribution in [0.25, 0.3) is 0 Å². The predicted molar refractivity (Wildman–Crippen MR) is 116 cm³/mol. The van der Waals surface area contributed by atoms with Crippen LogP contribution < -0.4 is 15.0 Å². The molecular weight excluding hydrogens is 376 g/mol. The minimum Gasteiger partial charge on any atom is -0.490 e. The molecule has 5 aliphatic rings. The Morgan fingerprint density at radius 2 is 1.80 bits per heavy atom. The number of benzene rings is 1. The molecule has 0 aromatic heterocycles. The monoisotopic (exact) mass is 410 g/mol. The van der Waals surface area contributed by atoms with E-state index in [1.54, 1.807) is 4.90 Å². The number of amides is 2. The standard InChI is InChI=1S/C25H34N2O3/c1-16-3-4-22-21(9-16)27(7-8-30-22)24(29)6-5-23(28)26-17(2)25-13-18-10-19(14-25)12-20(11-18)15-25/h3-4,9,17-20H,5-8,10-15H2,1-2H3,(H,26,28)/t17-,18?,19?,20?,25?/m1/s1. The number of hydrogen-bond acceptors (Lipinski definition) is 3. The van der Waals surface area contributed by atoms with Gasteiger partial charge < -0.3 is 15.0 Å². The van der Waals surface area contributed by atoms with Crippen LogP contribution in [0.5, 0.6) is 5.75 Å². The number of fused-ring (bicyclic) bond motifs is 1. The van der Waals surface area contributed by atoms with Crippen LogP contribution in [0.1, 0.15) is 63.9 Å². The Hall–Kier alpha value is -2.04. The molecule has 1 N–H and O–H groups in total. The lowest BCUT2D eigenvalue weighted by Crippen LogP contribution is -2.55. The zero-order valence-electron chi connectivity index (χ0n) is 18.3. The number of ether oxygens (including phenoxy) is 1. The zero-order valence-corrected chi connectivity index (χ0v) is 18.3. The molecule has 0 radical (unpaired) electrons. The van der Waals surface area contributed by atoms with Crippen LogP contribution in [-0.2, 0) is 9.59 Å². The smallest absolute Gasteiger partial charge is 0.227 e. The van der Waals surface area contributed by atoms with Gasteiger partial charge >= 0.3 is 0 Å². The van der Waals surface area contributed by atoms with Crippen molar-refractivity contribution in [1.29, 1.82) is 0 Å². The van der Waals surface area contributed by atoms with Crippen LogP contribution in [0.2, 0.25) is 0 Å². The number of aryl methyl sites for hydroxylation is 1. The first kappa shape index (κ1) is 19.9. The normalized spacial score (nSPS) is 32.3. The summed E-state index contributed by atoms with van der Waals surface area (Å²) >= 11 is 0. The van der Waals surface area contributed by atoms with E-state index in [9.17, 15) is 9.59 Å². The van der Waals surface area contributed by atoms with Crippen molar-refractivity contribution in [2.45, 2.75) is 71.3 Å². The van der Waals surface area contributed by atoms with Crippen LogP contribution in [-0.4, -0.2) is 31.0 Å². The third kappa shape index (κ3) is 3.61. The second-order valence-electron chi connectivity index (χ2n) is 10.4. The molecule has 0 spiro atoms. The molecule has 1 aromatic carbocycles. The summed E-state index contributed by atoms with van der Waals surface area (Å²) in [7, 11) is 0. The number of nitrogens with zero attached hydrogens (tertiary/aromatic N) is 1. The Morgan fingerprint density at radius 3 is 2.47 bits per heavy atom. The topological polar surface area (TPSA) is 58.6 Å². The molecule has 4 saturated carbocycles. The molecule has 5 nitrogen and oxygen atoms in total. The summed E-state index contributed by atoms with van der Waals surface area (Å²) in [4.78, 5) is 27.4. The van der Waals surface area contributed by atoms with Gasteiger partial charge in [0.1, 0.15) is 12.4 Å². The molecule has 1 atom stereocenters. The maximum Gasteiger partial charge on any atom is 0.227 e. The molecule has 1 aromatic rings. The highest BCUT2D eigenvalue weighted by Gasteiger charge is 2.53. The van der Waals surface area contributed by atoms with Gasteiger partial charge in [0.25, 0.3) is 0 Å². The van der Waals surface area contributed by atoms with Gasteiger partial charge in [0.2, 0.25) is 11.8 Å². The lowest BCUT2D eigenvalue weighted by atomic mass is 9.48. The van der Waals surface area contributed by atoms with Gasteiger partial charge in [-0.25, -0.2) is 0 Å². The Balaban J connectivity index is 1.17. The predicted octanol–water partition coefficient (Wildman–Crippen LogP) is 4.22. The number of nitrogens with one attached hydrogen (secondary N) is 1. The molecule has 162 valence electrons. The summed E-state index contributed by atoms with van der Waals surface area (Å²) in [5.41, 5.74) is 2.22. The second kappa shape index (κ2) is 7.58. The second-order valence-corrected chi connectivity index (χ2v) is 10.4. The Labute approximate surface area is 179 Å². The molecular formula is C25H34N2O3.